The molecule has 138 valence electrons. The molecule has 0 saturated carbocycles. The van der Waals surface area contributed by atoms with Crippen molar-refractivity contribution in [2.24, 2.45) is 5.73 Å². The van der Waals surface area contributed by atoms with Crippen LogP contribution in [0.25, 0.3) is 54.6 Å². The zero-order valence-electron chi connectivity index (χ0n) is 15.9. The molecule has 6 aromatic rings. The predicted octanol–water partition coefficient (Wildman–Crippen LogP) is 7.02. The van der Waals surface area contributed by atoms with Gasteiger partial charge in [0.05, 0.1) is 0 Å². The molecule has 0 aliphatic heterocycles. The van der Waals surface area contributed by atoms with Crippen LogP contribution in [0.4, 0.5) is 0 Å². The predicted molar refractivity (Wildman–Crippen MR) is 122 cm³/mol. The third-order valence-corrected chi connectivity index (χ3v) is 5.88. The van der Waals surface area contributed by atoms with E-state index >= 15 is 0 Å². The van der Waals surface area contributed by atoms with Crippen LogP contribution < -0.4 is 5.73 Å². The fraction of sp³-hybridized carbons (Fsp3) is 0.0370. The Hall–Kier alpha value is -3.62. The summed E-state index contributed by atoms with van der Waals surface area (Å²) < 4.78 is 6.05. The maximum absolute atomic E-state index is 6.05. The van der Waals surface area contributed by atoms with Gasteiger partial charge in [0.1, 0.15) is 11.2 Å². The van der Waals surface area contributed by atoms with Crippen LogP contribution in [0.1, 0.15) is 5.56 Å². The van der Waals surface area contributed by atoms with Crippen molar-refractivity contribution in [2.75, 3.05) is 0 Å². The second-order valence-electron chi connectivity index (χ2n) is 7.53. The van der Waals surface area contributed by atoms with Crippen molar-refractivity contribution in [1.82, 2.24) is 0 Å². The molecular weight excluding hydrogens is 354 g/mol. The second kappa shape index (κ2) is 6.20. The van der Waals surface area contributed by atoms with Gasteiger partial charge in [-0.15, -0.1) is 0 Å². The van der Waals surface area contributed by atoms with Crippen LogP contribution in [0.5, 0.6) is 0 Å². The maximum atomic E-state index is 6.05. The molecule has 0 unspecified atom stereocenters. The summed E-state index contributed by atoms with van der Waals surface area (Å²) >= 11 is 0. The topological polar surface area (TPSA) is 39.2 Å². The average molecular weight is 373 g/mol. The zero-order chi connectivity index (χ0) is 19.4. The van der Waals surface area contributed by atoms with Crippen LogP contribution in [0.15, 0.2) is 95.4 Å². The highest BCUT2D eigenvalue weighted by Gasteiger charge is 2.12. The van der Waals surface area contributed by atoms with Crippen molar-refractivity contribution < 1.29 is 4.42 Å². The minimum atomic E-state index is 0.499. The smallest absolute Gasteiger partial charge is 0.135 e. The summed E-state index contributed by atoms with van der Waals surface area (Å²) in [5, 5.41) is 7.35. The molecule has 0 spiro atoms. The SMILES string of the molecule is NCc1cccc2oc3ccc(-c4ccc5c(ccc6ccccc65)c4)cc3c12. The van der Waals surface area contributed by atoms with Gasteiger partial charge in [-0.2, -0.15) is 0 Å². The molecule has 2 nitrogen and oxygen atoms in total. The first-order valence-electron chi connectivity index (χ1n) is 9.88. The van der Waals surface area contributed by atoms with Crippen LogP contribution in [-0.4, -0.2) is 0 Å². The molecule has 1 heterocycles. The molecule has 0 bridgehead atoms. The molecule has 2 heteroatoms. The Morgan fingerprint density at radius 1 is 0.586 bits per heavy atom. The van der Waals surface area contributed by atoms with Gasteiger partial charge in [-0.05, 0) is 62.5 Å². The van der Waals surface area contributed by atoms with E-state index in [-0.39, 0.29) is 0 Å². The summed E-state index contributed by atoms with van der Waals surface area (Å²) in [6, 6.07) is 32.2. The highest BCUT2D eigenvalue weighted by atomic mass is 16.3. The van der Waals surface area contributed by atoms with Gasteiger partial charge in [-0.3, -0.25) is 0 Å². The summed E-state index contributed by atoms with van der Waals surface area (Å²) in [5.74, 6) is 0. The molecule has 0 fully saturated rings. The number of fused-ring (bicyclic) bond motifs is 6. The van der Waals surface area contributed by atoms with Crippen LogP contribution in [0.2, 0.25) is 0 Å². The maximum Gasteiger partial charge on any atom is 0.135 e. The van der Waals surface area contributed by atoms with Crippen molar-refractivity contribution in [3.63, 3.8) is 0 Å². The lowest BCUT2D eigenvalue weighted by atomic mass is 9.96. The van der Waals surface area contributed by atoms with E-state index in [9.17, 15) is 0 Å². The molecule has 1 aromatic heterocycles. The van der Waals surface area contributed by atoms with Gasteiger partial charge in [0.2, 0.25) is 0 Å². The van der Waals surface area contributed by atoms with E-state index in [1.54, 1.807) is 0 Å². The summed E-state index contributed by atoms with van der Waals surface area (Å²) in [6.07, 6.45) is 0. The normalized spacial score (nSPS) is 11.8. The molecule has 0 aliphatic rings. The first-order valence-corrected chi connectivity index (χ1v) is 9.88. The monoisotopic (exact) mass is 373 g/mol. The molecule has 0 aliphatic carbocycles. The Labute approximate surface area is 168 Å². The zero-order valence-corrected chi connectivity index (χ0v) is 15.9. The highest BCUT2D eigenvalue weighted by Crippen LogP contribution is 2.35. The number of benzene rings is 5. The number of hydrogen-bond acceptors (Lipinski definition) is 2. The molecule has 2 N–H and O–H groups in total. The van der Waals surface area contributed by atoms with Gasteiger partial charge < -0.3 is 10.2 Å². The molecule has 0 amide bonds. The van der Waals surface area contributed by atoms with E-state index in [0.29, 0.717) is 6.54 Å². The van der Waals surface area contributed by atoms with Gasteiger partial charge in [-0.25, -0.2) is 0 Å². The molecular formula is C27H19NO. The highest BCUT2D eigenvalue weighted by molar-refractivity contribution is 6.10. The summed E-state index contributed by atoms with van der Waals surface area (Å²) in [6.45, 7) is 0.499. The Kier molecular flexibility index (Phi) is 3.49. The summed E-state index contributed by atoms with van der Waals surface area (Å²) in [5.41, 5.74) is 11.3. The first-order chi connectivity index (χ1) is 14.3. The average Bonchev–Trinajstić information content (AvgIpc) is 3.16. The molecule has 0 radical (unpaired) electrons. The standard InChI is InChI=1S/C27H19NO/c28-16-21-5-3-7-26-27(21)24-15-19(11-13-25(24)29-26)18-10-12-23-20(14-18)9-8-17-4-1-2-6-22(17)23/h1-15H,16,28H2. The van der Waals surface area contributed by atoms with Crippen molar-refractivity contribution in [2.45, 2.75) is 6.54 Å². The van der Waals surface area contributed by atoms with E-state index in [0.717, 1.165) is 27.5 Å². The summed E-state index contributed by atoms with van der Waals surface area (Å²) in [7, 11) is 0. The Morgan fingerprint density at radius 2 is 1.38 bits per heavy atom. The lowest BCUT2D eigenvalue weighted by molar-refractivity contribution is 0.668. The molecule has 6 rings (SSSR count). The van der Waals surface area contributed by atoms with Gasteiger partial charge >= 0.3 is 0 Å². The van der Waals surface area contributed by atoms with Gasteiger partial charge in [0, 0.05) is 17.3 Å². The Bertz CT molecular complexity index is 1540. The lowest BCUT2D eigenvalue weighted by Gasteiger charge is -2.08. The lowest BCUT2D eigenvalue weighted by Crippen LogP contribution is -1.96. The first kappa shape index (κ1) is 16.3. The third kappa shape index (κ3) is 2.47. The minimum Gasteiger partial charge on any atom is -0.456 e. The second-order valence-corrected chi connectivity index (χ2v) is 7.53. The van der Waals surface area contributed by atoms with E-state index in [2.05, 4.69) is 78.9 Å². The molecule has 0 saturated heterocycles. The van der Waals surface area contributed by atoms with E-state index in [1.807, 2.05) is 12.1 Å². The van der Waals surface area contributed by atoms with E-state index in [4.69, 9.17) is 10.2 Å². The van der Waals surface area contributed by atoms with E-state index < -0.39 is 0 Å². The fourth-order valence-corrected chi connectivity index (χ4v) is 4.44. The quantitative estimate of drug-likeness (QED) is 0.331. The van der Waals surface area contributed by atoms with Crippen molar-refractivity contribution in [3.05, 3.63) is 96.6 Å². The van der Waals surface area contributed by atoms with Crippen LogP contribution >= 0.6 is 0 Å². The van der Waals surface area contributed by atoms with Crippen molar-refractivity contribution in [1.29, 1.82) is 0 Å². The summed E-state index contributed by atoms with van der Waals surface area (Å²) in [4.78, 5) is 0. The van der Waals surface area contributed by atoms with Gasteiger partial charge in [0.25, 0.3) is 0 Å². The van der Waals surface area contributed by atoms with Crippen LogP contribution in [0, 0.1) is 0 Å². The number of hydrogen-bond donors (Lipinski definition) is 1. The Balaban J connectivity index is 1.58. The number of furan rings is 1. The molecule has 29 heavy (non-hydrogen) atoms. The van der Waals surface area contributed by atoms with Crippen molar-refractivity contribution in [3.8, 4) is 11.1 Å². The van der Waals surface area contributed by atoms with Crippen molar-refractivity contribution >= 4 is 43.5 Å². The molecule has 5 aromatic carbocycles. The fourth-order valence-electron chi connectivity index (χ4n) is 4.44. The Morgan fingerprint density at radius 3 is 2.31 bits per heavy atom. The number of nitrogens with two attached hydrogens (primary N) is 1. The van der Waals surface area contributed by atoms with Gasteiger partial charge in [0.15, 0.2) is 0 Å². The third-order valence-electron chi connectivity index (χ3n) is 5.88. The van der Waals surface area contributed by atoms with Gasteiger partial charge in [-0.1, -0.05) is 66.7 Å². The van der Waals surface area contributed by atoms with Crippen LogP contribution in [0.3, 0.4) is 0 Å². The number of rotatable bonds is 2. The molecule has 0 atom stereocenters. The van der Waals surface area contributed by atoms with Crippen LogP contribution in [-0.2, 0) is 6.54 Å². The minimum absolute atomic E-state index is 0.499. The van der Waals surface area contributed by atoms with E-state index in [1.165, 1.54) is 32.7 Å². The largest absolute Gasteiger partial charge is 0.456 e.